The van der Waals surface area contributed by atoms with Gasteiger partial charge in [0.25, 0.3) is 0 Å². The number of alkyl halides is 3. The average molecular weight is 529 g/mol. The van der Waals surface area contributed by atoms with Gasteiger partial charge in [0, 0.05) is 45.5 Å². The Labute approximate surface area is 185 Å². The molecule has 1 heterocycles. The number of guanidine groups is 1. The lowest BCUT2D eigenvalue weighted by atomic mass is 10.2. The number of piperazine rings is 1. The zero-order chi connectivity index (χ0) is 20.7. The van der Waals surface area contributed by atoms with Crippen LogP contribution in [-0.2, 0) is 11.3 Å². The topological polar surface area (TPSA) is 69.2 Å². The number of hydrogen-bond donors (Lipinski definition) is 2. The van der Waals surface area contributed by atoms with Crippen LogP contribution in [-0.4, -0.2) is 74.4 Å². The summed E-state index contributed by atoms with van der Waals surface area (Å²) >= 11 is 0. The van der Waals surface area contributed by atoms with Gasteiger partial charge in [0.2, 0.25) is 0 Å². The monoisotopic (exact) mass is 529 g/mol. The van der Waals surface area contributed by atoms with E-state index in [0.717, 1.165) is 5.56 Å². The molecule has 0 aromatic heterocycles. The molecule has 164 valence electrons. The molecule has 0 saturated carbocycles. The fourth-order valence-corrected chi connectivity index (χ4v) is 2.92. The lowest BCUT2D eigenvalue weighted by molar-refractivity contribution is -0.181. The SMILES string of the molecule is CN=C(NCc1ccc(NC(=O)OC)cc1)N1CCN(C(C)C(F)(F)F)CC1.I. The summed E-state index contributed by atoms with van der Waals surface area (Å²) in [7, 11) is 2.94. The summed E-state index contributed by atoms with van der Waals surface area (Å²) < 4.78 is 43.1. The van der Waals surface area contributed by atoms with Crippen molar-refractivity contribution in [1.82, 2.24) is 15.1 Å². The summed E-state index contributed by atoms with van der Waals surface area (Å²) in [6.45, 7) is 3.31. The van der Waals surface area contributed by atoms with Crippen molar-refractivity contribution < 1.29 is 22.7 Å². The van der Waals surface area contributed by atoms with Crippen molar-refractivity contribution in [2.75, 3.05) is 45.7 Å². The van der Waals surface area contributed by atoms with E-state index in [1.54, 1.807) is 19.2 Å². The van der Waals surface area contributed by atoms with Gasteiger partial charge in [0.05, 0.1) is 7.11 Å². The Kier molecular flexibility index (Phi) is 9.96. The Morgan fingerprint density at radius 2 is 1.79 bits per heavy atom. The third kappa shape index (κ3) is 7.53. The van der Waals surface area contributed by atoms with Gasteiger partial charge in [-0.2, -0.15) is 13.2 Å². The molecule has 1 unspecified atom stereocenters. The number of methoxy groups -OCH3 is 1. The van der Waals surface area contributed by atoms with Crippen LogP contribution in [0.2, 0.25) is 0 Å². The average Bonchev–Trinajstić information content (AvgIpc) is 2.68. The summed E-state index contributed by atoms with van der Waals surface area (Å²) in [5.41, 5.74) is 1.59. The molecule has 1 amide bonds. The van der Waals surface area contributed by atoms with Crippen LogP contribution in [0.4, 0.5) is 23.7 Å². The molecule has 0 aliphatic carbocycles. The Morgan fingerprint density at radius 3 is 2.28 bits per heavy atom. The first kappa shape index (κ1) is 25.3. The van der Waals surface area contributed by atoms with Crippen LogP contribution in [0.3, 0.4) is 0 Å². The molecular weight excluding hydrogens is 502 g/mol. The summed E-state index contributed by atoms with van der Waals surface area (Å²) in [5, 5.41) is 5.80. The molecule has 1 aliphatic heterocycles. The number of ether oxygens (including phenoxy) is 1. The highest BCUT2D eigenvalue weighted by Crippen LogP contribution is 2.25. The first-order valence-electron chi connectivity index (χ1n) is 8.95. The molecule has 1 fully saturated rings. The third-order valence-corrected chi connectivity index (χ3v) is 4.68. The summed E-state index contributed by atoms with van der Waals surface area (Å²) in [6, 6.07) is 5.78. The van der Waals surface area contributed by atoms with E-state index in [2.05, 4.69) is 20.4 Å². The van der Waals surface area contributed by atoms with Crippen LogP contribution in [0.15, 0.2) is 29.3 Å². The molecule has 11 heteroatoms. The highest BCUT2D eigenvalue weighted by atomic mass is 127. The van der Waals surface area contributed by atoms with Crippen molar-refractivity contribution >= 4 is 41.7 Å². The minimum Gasteiger partial charge on any atom is -0.453 e. The second-order valence-corrected chi connectivity index (χ2v) is 6.45. The predicted molar refractivity (Wildman–Crippen MR) is 117 cm³/mol. The number of nitrogens with zero attached hydrogens (tertiary/aromatic N) is 3. The Balaban J connectivity index is 0.00000420. The van der Waals surface area contributed by atoms with E-state index in [0.29, 0.717) is 44.4 Å². The minimum absolute atomic E-state index is 0. The van der Waals surface area contributed by atoms with Crippen LogP contribution in [0.1, 0.15) is 12.5 Å². The molecule has 0 radical (unpaired) electrons. The van der Waals surface area contributed by atoms with Gasteiger partial charge in [-0.05, 0) is 24.6 Å². The van der Waals surface area contributed by atoms with E-state index in [-0.39, 0.29) is 24.0 Å². The third-order valence-electron chi connectivity index (χ3n) is 4.68. The van der Waals surface area contributed by atoms with Gasteiger partial charge in [-0.25, -0.2) is 4.79 Å². The zero-order valence-corrected chi connectivity index (χ0v) is 19.0. The number of anilines is 1. The summed E-state index contributed by atoms with van der Waals surface area (Å²) in [5.74, 6) is 0.649. The van der Waals surface area contributed by atoms with Crippen LogP contribution in [0, 0.1) is 0 Å². The van der Waals surface area contributed by atoms with E-state index in [1.165, 1.54) is 18.9 Å². The molecule has 2 N–H and O–H groups in total. The lowest BCUT2D eigenvalue weighted by Gasteiger charge is -2.39. The number of benzene rings is 1. The van der Waals surface area contributed by atoms with Gasteiger partial charge >= 0.3 is 12.3 Å². The van der Waals surface area contributed by atoms with Crippen molar-refractivity contribution in [2.45, 2.75) is 25.7 Å². The van der Waals surface area contributed by atoms with Crippen LogP contribution >= 0.6 is 24.0 Å². The number of carbonyl (C=O) groups is 1. The highest BCUT2D eigenvalue weighted by Gasteiger charge is 2.41. The summed E-state index contributed by atoms with van der Waals surface area (Å²) in [6.07, 6.45) is -4.75. The second-order valence-electron chi connectivity index (χ2n) is 6.45. The quantitative estimate of drug-likeness (QED) is 0.357. The van der Waals surface area contributed by atoms with Crippen LogP contribution in [0.5, 0.6) is 0 Å². The van der Waals surface area contributed by atoms with Crippen molar-refractivity contribution in [3.05, 3.63) is 29.8 Å². The van der Waals surface area contributed by atoms with Gasteiger partial charge in [0.15, 0.2) is 5.96 Å². The largest absolute Gasteiger partial charge is 0.453 e. The molecule has 1 saturated heterocycles. The van der Waals surface area contributed by atoms with E-state index in [1.807, 2.05) is 17.0 Å². The van der Waals surface area contributed by atoms with Crippen LogP contribution < -0.4 is 10.6 Å². The van der Waals surface area contributed by atoms with Gasteiger partial charge in [0.1, 0.15) is 6.04 Å². The number of carbonyl (C=O) groups excluding carboxylic acids is 1. The first-order valence-corrected chi connectivity index (χ1v) is 8.95. The maximum absolute atomic E-state index is 12.9. The first-order chi connectivity index (χ1) is 13.2. The number of amides is 1. The molecule has 7 nitrogen and oxygen atoms in total. The van der Waals surface area contributed by atoms with Gasteiger partial charge in [-0.3, -0.25) is 15.2 Å². The van der Waals surface area contributed by atoms with Crippen molar-refractivity contribution in [1.29, 1.82) is 0 Å². The normalized spacial score (nSPS) is 16.6. The fourth-order valence-electron chi connectivity index (χ4n) is 2.92. The molecule has 1 aromatic carbocycles. The smallest absolute Gasteiger partial charge is 0.411 e. The number of hydrogen-bond acceptors (Lipinski definition) is 4. The Hall–Kier alpha value is -1.76. The van der Waals surface area contributed by atoms with Crippen molar-refractivity contribution in [3.63, 3.8) is 0 Å². The number of rotatable bonds is 4. The molecule has 0 bridgehead atoms. The predicted octanol–water partition coefficient (Wildman–Crippen LogP) is 3.13. The van der Waals surface area contributed by atoms with Gasteiger partial charge < -0.3 is 15.0 Å². The maximum Gasteiger partial charge on any atom is 0.411 e. The van der Waals surface area contributed by atoms with E-state index >= 15 is 0 Å². The van der Waals surface area contributed by atoms with Crippen molar-refractivity contribution in [3.8, 4) is 0 Å². The van der Waals surface area contributed by atoms with Crippen LogP contribution in [0.25, 0.3) is 0 Å². The molecule has 29 heavy (non-hydrogen) atoms. The number of aliphatic imine (C=N–C) groups is 1. The molecular formula is C18H27F3IN5O2. The van der Waals surface area contributed by atoms with E-state index < -0.39 is 18.3 Å². The zero-order valence-electron chi connectivity index (χ0n) is 16.6. The molecule has 1 aromatic rings. The highest BCUT2D eigenvalue weighted by molar-refractivity contribution is 14.0. The molecule has 0 spiro atoms. The standard InChI is InChI=1S/C18H26F3N5O2.HI/c1-13(18(19,20)21)25-8-10-26(11-9-25)16(22-2)23-12-14-4-6-15(7-5-14)24-17(27)28-3;/h4-7,13H,8-12H2,1-3H3,(H,22,23)(H,24,27);1H. The number of nitrogens with one attached hydrogen (secondary N) is 2. The maximum atomic E-state index is 12.9. The van der Waals surface area contributed by atoms with Gasteiger partial charge in [-0.1, -0.05) is 12.1 Å². The Bertz CT molecular complexity index is 677. The molecule has 1 atom stereocenters. The fraction of sp³-hybridized carbons (Fsp3) is 0.556. The van der Waals surface area contributed by atoms with E-state index in [4.69, 9.17) is 0 Å². The second kappa shape index (κ2) is 11.4. The molecule has 1 aliphatic rings. The molecule has 2 rings (SSSR count). The van der Waals surface area contributed by atoms with Crippen molar-refractivity contribution in [2.24, 2.45) is 4.99 Å². The Morgan fingerprint density at radius 1 is 1.21 bits per heavy atom. The minimum atomic E-state index is -4.21. The lowest BCUT2D eigenvalue weighted by Crippen LogP contribution is -2.56. The number of halogens is 4. The van der Waals surface area contributed by atoms with E-state index in [9.17, 15) is 18.0 Å². The van der Waals surface area contributed by atoms with Gasteiger partial charge in [-0.15, -0.1) is 24.0 Å². The summed E-state index contributed by atoms with van der Waals surface area (Å²) in [4.78, 5) is 18.8.